The van der Waals surface area contributed by atoms with Gasteiger partial charge in [-0.25, -0.2) is 0 Å². The summed E-state index contributed by atoms with van der Waals surface area (Å²) in [6.45, 7) is 2.47. The Morgan fingerprint density at radius 1 is 1.53 bits per heavy atom. The maximum absolute atomic E-state index is 11.6. The minimum absolute atomic E-state index is 0.105. The molecule has 2 N–H and O–H groups in total. The topological polar surface area (TPSA) is 59.0 Å². The number of rotatable bonds is 5. The first-order valence-electron chi connectivity index (χ1n) is 6.32. The van der Waals surface area contributed by atoms with Crippen LogP contribution >= 0.6 is 0 Å². The molecule has 1 aromatic heterocycles. The summed E-state index contributed by atoms with van der Waals surface area (Å²) < 4.78 is 1.78. The smallest absolute Gasteiger partial charge is 0.221 e. The maximum atomic E-state index is 11.6. The molecule has 94 valence electrons. The van der Waals surface area contributed by atoms with Crippen LogP contribution in [0, 0.1) is 0 Å². The van der Waals surface area contributed by atoms with Gasteiger partial charge in [-0.15, -0.1) is 0 Å². The van der Waals surface area contributed by atoms with Gasteiger partial charge in [0.05, 0.1) is 0 Å². The monoisotopic (exact) mass is 236 g/mol. The predicted octanol–water partition coefficient (Wildman–Crippen LogP) is 0.531. The Morgan fingerprint density at radius 2 is 2.47 bits per heavy atom. The van der Waals surface area contributed by atoms with Gasteiger partial charge in [0.1, 0.15) is 0 Å². The minimum atomic E-state index is 0.105. The minimum Gasteiger partial charge on any atom is -0.354 e. The summed E-state index contributed by atoms with van der Waals surface area (Å²) in [4.78, 5) is 11.6. The molecule has 5 heteroatoms. The zero-order chi connectivity index (χ0) is 11.9. The van der Waals surface area contributed by atoms with Gasteiger partial charge < -0.3 is 10.6 Å². The second kappa shape index (κ2) is 6.39. The molecule has 1 aromatic rings. The zero-order valence-electron chi connectivity index (χ0n) is 10.1. The zero-order valence-corrected chi connectivity index (χ0v) is 10.1. The average Bonchev–Trinajstić information content (AvgIpc) is 2.88. The quantitative estimate of drug-likeness (QED) is 0.784. The van der Waals surface area contributed by atoms with Crippen LogP contribution in [-0.4, -0.2) is 34.8 Å². The second-order valence-electron chi connectivity index (χ2n) is 4.47. The fourth-order valence-corrected chi connectivity index (χ4v) is 2.07. The number of carbonyl (C=O) groups is 1. The molecule has 2 heterocycles. The number of piperidine rings is 1. The normalized spacial score (nSPS) is 20.1. The van der Waals surface area contributed by atoms with E-state index in [0.29, 0.717) is 19.0 Å². The Bertz CT molecular complexity index is 330. The van der Waals surface area contributed by atoms with Gasteiger partial charge in [0.25, 0.3) is 0 Å². The highest BCUT2D eigenvalue weighted by Crippen LogP contribution is 2.05. The van der Waals surface area contributed by atoms with Crippen LogP contribution < -0.4 is 10.6 Å². The van der Waals surface area contributed by atoms with E-state index in [4.69, 9.17) is 0 Å². The number of nitrogens with one attached hydrogen (secondary N) is 2. The van der Waals surface area contributed by atoms with Crippen molar-refractivity contribution < 1.29 is 4.79 Å². The average molecular weight is 236 g/mol. The van der Waals surface area contributed by atoms with Gasteiger partial charge in [-0.05, 0) is 25.5 Å². The van der Waals surface area contributed by atoms with Crippen molar-refractivity contribution in [1.29, 1.82) is 0 Å². The molecule has 0 spiro atoms. The summed E-state index contributed by atoms with van der Waals surface area (Å²) in [5.74, 6) is 0.105. The van der Waals surface area contributed by atoms with Gasteiger partial charge in [0.15, 0.2) is 0 Å². The van der Waals surface area contributed by atoms with Gasteiger partial charge in [-0.3, -0.25) is 9.48 Å². The van der Waals surface area contributed by atoms with E-state index in [2.05, 4.69) is 15.7 Å². The first kappa shape index (κ1) is 12.1. The first-order chi connectivity index (χ1) is 8.34. The van der Waals surface area contributed by atoms with Gasteiger partial charge >= 0.3 is 0 Å². The summed E-state index contributed by atoms with van der Waals surface area (Å²) in [7, 11) is 0. The number of aromatic nitrogens is 2. The largest absolute Gasteiger partial charge is 0.354 e. The highest BCUT2D eigenvalue weighted by molar-refractivity contribution is 5.75. The SMILES string of the molecule is O=C(CCn1cccn1)NCC1CCCCN1. The Balaban J connectivity index is 1.60. The van der Waals surface area contributed by atoms with Crippen molar-refractivity contribution in [2.45, 2.75) is 38.3 Å². The highest BCUT2D eigenvalue weighted by atomic mass is 16.1. The van der Waals surface area contributed by atoms with Crippen molar-refractivity contribution >= 4 is 5.91 Å². The lowest BCUT2D eigenvalue weighted by molar-refractivity contribution is -0.121. The van der Waals surface area contributed by atoms with E-state index in [-0.39, 0.29) is 5.91 Å². The standard InChI is InChI=1S/C12H20N4O/c17-12(5-9-16-8-3-7-15-16)14-10-11-4-1-2-6-13-11/h3,7-8,11,13H,1-2,4-6,9-10H2,(H,14,17). The van der Waals surface area contributed by atoms with Gasteiger partial charge in [0.2, 0.25) is 5.91 Å². The van der Waals surface area contributed by atoms with Gasteiger partial charge in [0, 0.05) is 37.9 Å². The summed E-state index contributed by atoms with van der Waals surface area (Å²) in [6.07, 6.45) is 7.78. The van der Waals surface area contributed by atoms with Crippen molar-refractivity contribution in [3.05, 3.63) is 18.5 Å². The van der Waals surface area contributed by atoms with Crippen LogP contribution in [0.1, 0.15) is 25.7 Å². The van der Waals surface area contributed by atoms with E-state index >= 15 is 0 Å². The number of hydrogen-bond acceptors (Lipinski definition) is 3. The van der Waals surface area contributed by atoms with E-state index in [1.807, 2.05) is 12.3 Å². The van der Waals surface area contributed by atoms with Crippen LogP contribution in [0.2, 0.25) is 0 Å². The molecular formula is C12H20N4O. The van der Waals surface area contributed by atoms with E-state index in [0.717, 1.165) is 13.1 Å². The third kappa shape index (κ3) is 4.19. The van der Waals surface area contributed by atoms with Crippen molar-refractivity contribution in [3.63, 3.8) is 0 Å². The molecule has 0 aromatic carbocycles. The second-order valence-corrected chi connectivity index (χ2v) is 4.47. The predicted molar refractivity (Wildman–Crippen MR) is 65.5 cm³/mol. The Kier molecular flexibility index (Phi) is 4.55. The van der Waals surface area contributed by atoms with E-state index in [9.17, 15) is 4.79 Å². The molecule has 1 fully saturated rings. The Labute approximate surface area is 102 Å². The third-order valence-corrected chi connectivity index (χ3v) is 3.09. The van der Waals surface area contributed by atoms with Gasteiger partial charge in [-0.1, -0.05) is 6.42 Å². The molecule has 0 radical (unpaired) electrons. The van der Waals surface area contributed by atoms with Crippen molar-refractivity contribution in [2.24, 2.45) is 0 Å². The Morgan fingerprint density at radius 3 is 3.18 bits per heavy atom. The Hall–Kier alpha value is -1.36. The van der Waals surface area contributed by atoms with Crippen LogP contribution in [0.15, 0.2) is 18.5 Å². The number of aryl methyl sites for hydroxylation is 1. The molecule has 0 saturated carbocycles. The van der Waals surface area contributed by atoms with Crippen LogP contribution in [0.4, 0.5) is 0 Å². The maximum Gasteiger partial charge on any atom is 0.221 e. The van der Waals surface area contributed by atoms with Crippen LogP contribution in [-0.2, 0) is 11.3 Å². The molecule has 1 amide bonds. The number of hydrogen-bond donors (Lipinski definition) is 2. The van der Waals surface area contributed by atoms with Crippen LogP contribution in [0.3, 0.4) is 0 Å². The van der Waals surface area contributed by atoms with Crippen molar-refractivity contribution in [2.75, 3.05) is 13.1 Å². The third-order valence-electron chi connectivity index (χ3n) is 3.09. The lowest BCUT2D eigenvalue weighted by atomic mass is 10.1. The molecule has 0 bridgehead atoms. The van der Waals surface area contributed by atoms with Crippen LogP contribution in [0.25, 0.3) is 0 Å². The number of nitrogens with zero attached hydrogens (tertiary/aromatic N) is 2. The number of carbonyl (C=O) groups excluding carboxylic acids is 1. The van der Waals surface area contributed by atoms with Crippen LogP contribution in [0.5, 0.6) is 0 Å². The molecule has 5 nitrogen and oxygen atoms in total. The van der Waals surface area contributed by atoms with E-state index < -0.39 is 0 Å². The van der Waals surface area contributed by atoms with E-state index in [1.54, 1.807) is 10.9 Å². The molecule has 1 aliphatic heterocycles. The lowest BCUT2D eigenvalue weighted by Crippen LogP contribution is -2.43. The van der Waals surface area contributed by atoms with Crippen molar-refractivity contribution in [3.8, 4) is 0 Å². The molecule has 0 aliphatic carbocycles. The molecule has 1 saturated heterocycles. The van der Waals surface area contributed by atoms with Gasteiger partial charge in [-0.2, -0.15) is 5.10 Å². The fourth-order valence-electron chi connectivity index (χ4n) is 2.07. The van der Waals surface area contributed by atoms with E-state index in [1.165, 1.54) is 19.3 Å². The molecular weight excluding hydrogens is 216 g/mol. The molecule has 1 atom stereocenters. The first-order valence-corrected chi connectivity index (χ1v) is 6.32. The molecule has 1 aliphatic rings. The fraction of sp³-hybridized carbons (Fsp3) is 0.667. The summed E-state index contributed by atoms with van der Waals surface area (Å²) in [5.41, 5.74) is 0. The lowest BCUT2D eigenvalue weighted by Gasteiger charge is -2.23. The summed E-state index contributed by atoms with van der Waals surface area (Å²) in [5, 5.41) is 10.4. The molecule has 1 unspecified atom stereocenters. The molecule has 17 heavy (non-hydrogen) atoms. The number of amides is 1. The van der Waals surface area contributed by atoms with Crippen molar-refractivity contribution in [1.82, 2.24) is 20.4 Å². The summed E-state index contributed by atoms with van der Waals surface area (Å²) >= 11 is 0. The molecule has 2 rings (SSSR count). The summed E-state index contributed by atoms with van der Waals surface area (Å²) in [6, 6.07) is 2.32. The highest BCUT2D eigenvalue weighted by Gasteiger charge is 2.13.